The molecule has 0 heterocycles. The summed E-state index contributed by atoms with van der Waals surface area (Å²) in [7, 11) is 2.03. The highest BCUT2D eigenvalue weighted by atomic mass is 16.5. The first-order valence-electron chi connectivity index (χ1n) is 6.14. The molecule has 1 atom stereocenters. The molecule has 0 radical (unpaired) electrons. The minimum atomic E-state index is 0.325. The minimum absolute atomic E-state index is 0.325. The Kier molecular flexibility index (Phi) is 3.62. The summed E-state index contributed by atoms with van der Waals surface area (Å²) >= 11 is 0. The Labute approximate surface area is 98.0 Å². The Balaban J connectivity index is 2.11. The lowest BCUT2D eigenvalue weighted by atomic mass is 9.88. The summed E-state index contributed by atoms with van der Waals surface area (Å²) in [6.45, 7) is 3.65. The third kappa shape index (κ3) is 2.13. The lowest BCUT2D eigenvalue weighted by Crippen LogP contribution is -2.41. The van der Waals surface area contributed by atoms with Crippen molar-refractivity contribution in [2.75, 3.05) is 20.3 Å². The smallest absolute Gasteiger partial charge is 0.0628 e. The van der Waals surface area contributed by atoms with Gasteiger partial charge in [0.05, 0.1) is 6.61 Å². The average molecular weight is 219 g/mol. The van der Waals surface area contributed by atoms with Crippen molar-refractivity contribution in [2.24, 2.45) is 0 Å². The van der Waals surface area contributed by atoms with Gasteiger partial charge in [-0.2, -0.15) is 0 Å². The zero-order chi connectivity index (χ0) is 11.4. The molecule has 1 fully saturated rings. The standard InChI is InChI=1S/C14H21NO/c1-3-16-11-13(15-2)14(9-10-14)12-7-5-4-6-8-12/h4-8,13,15H,3,9-11H2,1-2H3. The van der Waals surface area contributed by atoms with Crippen LogP contribution in [-0.4, -0.2) is 26.3 Å². The summed E-state index contributed by atoms with van der Waals surface area (Å²) < 4.78 is 5.57. The average Bonchev–Trinajstić information content (AvgIpc) is 3.13. The van der Waals surface area contributed by atoms with Gasteiger partial charge in [0, 0.05) is 18.1 Å². The van der Waals surface area contributed by atoms with E-state index in [4.69, 9.17) is 4.74 Å². The van der Waals surface area contributed by atoms with E-state index in [2.05, 4.69) is 42.6 Å². The second kappa shape index (κ2) is 4.98. The molecule has 2 nitrogen and oxygen atoms in total. The molecule has 1 aromatic rings. The van der Waals surface area contributed by atoms with Gasteiger partial charge in [-0.25, -0.2) is 0 Å². The molecule has 16 heavy (non-hydrogen) atoms. The Bertz CT molecular complexity index is 319. The van der Waals surface area contributed by atoms with E-state index in [1.54, 1.807) is 0 Å². The van der Waals surface area contributed by atoms with Crippen molar-refractivity contribution in [2.45, 2.75) is 31.2 Å². The summed E-state index contributed by atoms with van der Waals surface area (Å²) in [4.78, 5) is 0. The van der Waals surface area contributed by atoms with Gasteiger partial charge in [-0.3, -0.25) is 0 Å². The molecule has 0 amide bonds. The van der Waals surface area contributed by atoms with Gasteiger partial charge in [0.25, 0.3) is 0 Å². The van der Waals surface area contributed by atoms with Gasteiger partial charge in [0.1, 0.15) is 0 Å². The Morgan fingerprint density at radius 2 is 2.00 bits per heavy atom. The quantitative estimate of drug-likeness (QED) is 0.793. The van der Waals surface area contributed by atoms with Crippen LogP contribution in [0.25, 0.3) is 0 Å². The van der Waals surface area contributed by atoms with Crippen LogP contribution in [0.3, 0.4) is 0 Å². The van der Waals surface area contributed by atoms with E-state index >= 15 is 0 Å². The first-order valence-corrected chi connectivity index (χ1v) is 6.14. The first-order chi connectivity index (χ1) is 7.83. The monoisotopic (exact) mass is 219 g/mol. The molecule has 2 rings (SSSR count). The van der Waals surface area contributed by atoms with Gasteiger partial charge in [0.15, 0.2) is 0 Å². The number of hydrogen-bond acceptors (Lipinski definition) is 2. The van der Waals surface area contributed by atoms with Crippen LogP contribution in [0.15, 0.2) is 30.3 Å². The number of benzene rings is 1. The Morgan fingerprint density at radius 3 is 2.50 bits per heavy atom. The lowest BCUT2D eigenvalue weighted by Gasteiger charge is -2.27. The van der Waals surface area contributed by atoms with Crippen molar-refractivity contribution in [3.8, 4) is 0 Å². The van der Waals surface area contributed by atoms with Crippen LogP contribution >= 0.6 is 0 Å². The van der Waals surface area contributed by atoms with Crippen molar-refractivity contribution in [1.29, 1.82) is 0 Å². The molecule has 0 spiro atoms. The largest absolute Gasteiger partial charge is 0.380 e. The molecule has 0 aliphatic heterocycles. The van der Waals surface area contributed by atoms with E-state index in [-0.39, 0.29) is 0 Å². The highest BCUT2D eigenvalue weighted by molar-refractivity contribution is 5.33. The molecule has 1 saturated carbocycles. The van der Waals surface area contributed by atoms with E-state index in [1.165, 1.54) is 18.4 Å². The molecule has 1 unspecified atom stereocenters. The summed E-state index contributed by atoms with van der Waals surface area (Å²) in [6, 6.07) is 11.3. The molecule has 2 heteroatoms. The summed E-state index contributed by atoms with van der Waals surface area (Å²) in [6.07, 6.45) is 2.55. The van der Waals surface area contributed by atoms with Crippen molar-refractivity contribution in [3.63, 3.8) is 0 Å². The number of ether oxygens (including phenoxy) is 1. The number of likely N-dealkylation sites (N-methyl/N-ethyl adjacent to an activating group) is 1. The highest BCUT2D eigenvalue weighted by Crippen LogP contribution is 2.50. The summed E-state index contributed by atoms with van der Waals surface area (Å²) in [5, 5.41) is 3.41. The maximum atomic E-state index is 5.57. The van der Waals surface area contributed by atoms with E-state index in [0.717, 1.165) is 13.2 Å². The molecule has 88 valence electrons. The third-order valence-corrected chi connectivity index (χ3v) is 3.64. The lowest BCUT2D eigenvalue weighted by molar-refractivity contribution is 0.113. The number of nitrogens with one attached hydrogen (secondary N) is 1. The second-order valence-corrected chi connectivity index (χ2v) is 4.52. The van der Waals surface area contributed by atoms with Gasteiger partial charge in [0.2, 0.25) is 0 Å². The van der Waals surface area contributed by atoms with Crippen LogP contribution in [0.2, 0.25) is 0 Å². The fourth-order valence-corrected chi connectivity index (χ4v) is 2.50. The zero-order valence-corrected chi connectivity index (χ0v) is 10.2. The normalized spacial score (nSPS) is 19.4. The predicted octanol–water partition coefficient (Wildman–Crippen LogP) is 2.34. The molecule has 1 aromatic carbocycles. The number of hydrogen-bond donors (Lipinski definition) is 1. The van der Waals surface area contributed by atoms with E-state index in [1.807, 2.05) is 7.05 Å². The van der Waals surface area contributed by atoms with Crippen LogP contribution in [-0.2, 0) is 10.2 Å². The molecular weight excluding hydrogens is 198 g/mol. The Hall–Kier alpha value is -0.860. The predicted molar refractivity (Wildman–Crippen MR) is 66.7 cm³/mol. The van der Waals surface area contributed by atoms with Crippen molar-refractivity contribution in [1.82, 2.24) is 5.32 Å². The molecule has 1 N–H and O–H groups in total. The van der Waals surface area contributed by atoms with Crippen LogP contribution in [0.5, 0.6) is 0 Å². The summed E-state index contributed by atoms with van der Waals surface area (Å²) in [5.74, 6) is 0. The number of rotatable bonds is 6. The van der Waals surface area contributed by atoms with Gasteiger partial charge < -0.3 is 10.1 Å². The van der Waals surface area contributed by atoms with Crippen molar-refractivity contribution in [3.05, 3.63) is 35.9 Å². The topological polar surface area (TPSA) is 21.3 Å². The molecule has 1 aliphatic rings. The molecule has 0 saturated heterocycles. The molecule has 1 aliphatic carbocycles. The fourth-order valence-electron chi connectivity index (χ4n) is 2.50. The third-order valence-electron chi connectivity index (χ3n) is 3.64. The maximum Gasteiger partial charge on any atom is 0.0628 e. The summed E-state index contributed by atoms with van der Waals surface area (Å²) in [5.41, 5.74) is 1.78. The Morgan fingerprint density at radius 1 is 1.31 bits per heavy atom. The molecular formula is C14H21NO. The van der Waals surface area contributed by atoms with E-state index < -0.39 is 0 Å². The van der Waals surface area contributed by atoms with E-state index in [0.29, 0.717) is 11.5 Å². The van der Waals surface area contributed by atoms with Gasteiger partial charge in [-0.05, 0) is 32.4 Å². The van der Waals surface area contributed by atoms with Gasteiger partial charge in [-0.15, -0.1) is 0 Å². The van der Waals surface area contributed by atoms with Crippen LogP contribution < -0.4 is 5.32 Å². The van der Waals surface area contributed by atoms with Crippen LogP contribution in [0, 0.1) is 0 Å². The molecule has 0 aromatic heterocycles. The second-order valence-electron chi connectivity index (χ2n) is 4.52. The SMILES string of the molecule is CCOCC(NC)C1(c2ccccc2)CC1. The highest BCUT2D eigenvalue weighted by Gasteiger charge is 2.49. The maximum absolute atomic E-state index is 5.57. The zero-order valence-electron chi connectivity index (χ0n) is 10.2. The van der Waals surface area contributed by atoms with Gasteiger partial charge in [-0.1, -0.05) is 30.3 Å². The first kappa shape index (κ1) is 11.6. The molecule has 0 bridgehead atoms. The van der Waals surface area contributed by atoms with Crippen molar-refractivity contribution < 1.29 is 4.74 Å². The minimum Gasteiger partial charge on any atom is -0.380 e. The van der Waals surface area contributed by atoms with Crippen LogP contribution in [0.1, 0.15) is 25.3 Å². The van der Waals surface area contributed by atoms with Crippen LogP contribution in [0.4, 0.5) is 0 Å². The fraction of sp³-hybridized carbons (Fsp3) is 0.571. The van der Waals surface area contributed by atoms with Gasteiger partial charge >= 0.3 is 0 Å². The van der Waals surface area contributed by atoms with Crippen molar-refractivity contribution >= 4 is 0 Å². The van der Waals surface area contributed by atoms with E-state index in [9.17, 15) is 0 Å².